The van der Waals surface area contributed by atoms with Gasteiger partial charge in [-0.15, -0.1) is 11.3 Å². The van der Waals surface area contributed by atoms with Gasteiger partial charge in [0, 0.05) is 21.9 Å². The van der Waals surface area contributed by atoms with E-state index in [4.69, 9.17) is 9.47 Å². The van der Waals surface area contributed by atoms with Gasteiger partial charge >= 0.3 is 11.9 Å². The summed E-state index contributed by atoms with van der Waals surface area (Å²) in [4.78, 5) is 26.0. The number of allylic oxidation sites excluding steroid dienone is 2. The molecule has 0 aliphatic carbocycles. The highest BCUT2D eigenvalue weighted by molar-refractivity contribution is 7.18. The number of benzene rings is 2. The lowest BCUT2D eigenvalue weighted by atomic mass is 10.1. The summed E-state index contributed by atoms with van der Waals surface area (Å²) in [6.07, 6.45) is 12.8. The van der Waals surface area contributed by atoms with Crippen LogP contribution in [-0.4, -0.2) is 11.9 Å². The van der Waals surface area contributed by atoms with Crippen LogP contribution in [0.15, 0.2) is 85.0 Å². The summed E-state index contributed by atoms with van der Waals surface area (Å²) in [5, 5.41) is 0. The fourth-order valence-electron chi connectivity index (χ4n) is 3.33. The first kappa shape index (κ1) is 26.2. The van der Waals surface area contributed by atoms with Gasteiger partial charge in [-0.2, -0.15) is 0 Å². The minimum absolute atomic E-state index is 0.353. The number of carbonyl (C=O) groups excluding carboxylic acids is 2. The molecule has 0 N–H and O–H groups in total. The molecule has 0 fully saturated rings. The zero-order valence-electron chi connectivity index (χ0n) is 20.4. The highest BCUT2D eigenvalue weighted by Crippen LogP contribution is 2.35. The molecule has 0 aliphatic heterocycles. The molecule has 5 heteroatoms. The SMILES string of the molecule is CCCC/C=C/C(=O)Oc1ccc(-c2ccc(-c3ccc(OC(=O)/C=C/CCCC)cc3)s2)cc1. The second-order valence-electron chi connectivity index (χ2n) is 8.14. The highest BCUT2D eigenvalue weighted by Gasteiger charge is 2.08. The molecule has 1 heterocycles. The molecular formula is C30H32O4S. The quantitative estimate of drug-likeness (QED) is 0.111. The van der Waals surface area contributed by atoms with Gasteiger partial charge in [0.15, 0.2) is 0 Å². The molecule has 0 saturated carbocycles. The molecule has 2 aromatic carbocycles. The molecule has 4 nitrogen and oxygen atoms in total. The Balaban J connectivity index is 1.57. The van der Waals surface area contributed by atoms with Gasteiger partial charge in [-0.05, 0) is 84.6 Å². The van der Waals surface area contributed by atoms with E-state index in [2.05, 4.69) is 26.0 Å². The highest BCUT2D eigenvalue weighted by atomic mass is 32.1. The third-order valence-electron chi connectivity index (χ3n) is 5.28. The van der Waals surface area contributed by atoms with Gasteiger partial charge in [-0.25, -0.2) is 9.59 Å². The van der Waals surface area contributed by atoms with Crippen molar-refractivity contribution in [2.45, 2.75) is 52.4 Å². The molecular weight excluding hydrogens is 456 g/mol. The Morgan fingerprint density at radius 1 is 0.657 bits per heavy atom. The first-order valence-corrected chi connectivity index (χ1v) is 13.0. The van der Waals surface area contributed by atoms with Crippen LogP contribution in [0.1, 0.15) is 52.4 Å². The Labute approximate surface area is 211 Å². The van der Waals surface area contributed by atoms with E-state index < -0.39 is 0 Å². The topological polar surface area (TPSA) is 52.6 Å². The molecule has 3 rings (SSSR count). The lowest BCUT2D eigenvalue weighted by molar-refractivity contribution is -0.129. The smallest absolute Gasteiger partial charge is 0.335 e. The van der Waals surface area contributed by atoms with Crippen molar-refractivity contribution in [2.24, 2.45) is 0 Å². The third kappa shape index (κ3) is 8.69. The Kier molecular flexibility index (Phi) is 10.5. The van der Waals surface area contributed by atoms with Crippen LogP contribution >= 0.6 is 11.3 Å². The molecule has 0 aliphatic rings. The summed E-state index contributed by atoms with van der Waals surface area (Å²) in [5.74, 6) is 0.352. The number of thiophene rings is 1. The average molecular weight is 489 g/mol. The van der Waals surface area contributed by atoms with Crippen LogP contribution in [0.25, 0.3) is 20.9 Å². The molecule has 0 unspecified atom stereocenters. The first-order valence-electron chi connectivity index (χ1n) is 12.2. The number of hydrogen-bond donors (Lipinski definition) is 0. The maximum atomic E-state index is 11.9. The number of ether oxygens (including phenoxy) is 2. The normalized spacial score (nSPS) is 11.3. The summed E-state index contributed by atoms with van der Waals surface area (Å²) in [5.41, 5.74) is 2.11. The molecule has 0 radical (unpaired) electrons. The van der Waals surface area contributed by atoms with E-state index in [1.54, 1.807) is 11.3 Å². The number of carbonyl (C=O) groups is 2. The molecule has 182 valence electrons. The summed E-state index contributed by atoms with van der Waals surface area (Å²) in [6, 6.07) is 19.2. The lowest BCUT2D eigenvalue weighted by Crippen LogP contribution is -2.03. The molecule has 0 amide bonds. The maximum absolute atomic E-state index is 11.9. The van der Waals surface area contributed by atoms with Gasteiger partial charge in [0.2, 0.25) is 0 Å². The van der Waals surface area contributed by atoms with Crippen molar-refractivity contribution in [3.63, 3.8) is 0 Å². The average Bonchev–Trinajstić information content (AvgIpc) is 3.36. The van der Waals surface area contributed by atoms with Gasteiger partial charge in [0.1, 0.15) is 11.5 Å². The van der Waals surface area contributed by atoms with Crippen LogP contribution in [0.3, 0.4) is 0 Å². The van der Waals surface area contributed by atoms with Crippen molar-refractivity contribution in [3.8, 4) is 32.4 Å². The van der Waals surface area contributed by atoms with Crippen LogP contribution in [-0.2, 0) is 9.59 Å². The van der Waals surface area contributed by atoms with Gasteiger partial charge in [-0.1, -0.05) is 51.7 Å². The zero-order valence-corrected chi connectivity index (χ0v) is 21.2. The van der Waals surface area contributed by atoms with E-state index in [0.717, 1.165) is 59.4 Å². The standard InChI is InChI=1S/C30H32O4S/c1-3-5-7-9-11-29(31)33-25-17-13-23(14-18-25)27-21-22-28(35-27)24-15-19-26(20-16-24)34-30(32)12-10-8-6-4-2/h9-22H,3-8H2,1-2H3/b11-9+,12-10+. The van der Waals surface area contributed by atoms with Crippen molar-refractivity contribution in [1.82, 2.24) is 0 Å². The first-order chi connectivity index (χ1) is 17.1. The minimum Gasteiger partial charge on any atom is -0.423 e. The van der Waals surface area contributed by atoms with Crippen LogP contribution < -0.4 is 9.47 Å². The molecule has 0 bridgehead atoms. The van der Waals surface area contributed by atoms with Crippen molar-refractivity contribution in [3.05, 3.63) is 85.0 Å². The van der Waals surface area contributed by atoms with Gasteiger partial charge in [0.25, 0.3) is 0 Å². The largest absolute Gasteiger partial charge is 0.423 e. The number of unbranched alkanes of at least 4 members (excludes halogenated alkanes) is 4. The van der Waals surface area contributed by atoms with Crippen molar-refractivity contribution >= 4 is 23.3 Å². The Bertz CT molecular complexity index is 1050. The van der Waals surface area contributed by atoms with Gasteiger partial charge in [0.05, 0.1) is 0 Å². The van der Waals surface area contributed by atoms with Crippen LogP contribution in [0.5, 0.6) is 11.5 Å². The molecule has 0 atom stereocenters. The van der Waals surface area contributed by atoms with E-state index in [9.17, 15) is 9.59 Å². The number of rotatable bonds is 12. The Morgan fingerprint density at radius 2 is 1.06 bits per heavy atom. The van der Waals surface area contributed by atoms with Crippen LogP contribution in [0.4, 0.5) is 0 Å². The molecule has 3 aromatic rings. The van der Waals surface area contributed by atoms with E-state index in [0.29, 0.717) is 11.5 Å². The fourth-order valence-corrected chi connectivity index (χ4v) is 4.34. The van der Waals surface area contributed by atoms with Crippen LogP contribution in [0, 0.1) is 0 Å². The summed E-state index contributed by atoms with van der Waals surface area (Å²) >= 11 is 1.67. The van der Waals surface area contributed by atoms with Crippen LogP contribution in [0.2, 0.25) is 0 Å². The minimum atomic E-state index is -0.353. The molecule has 1 aromatic heterocycles. The number of esters is 2. The van der Waals surface area contributed by atoms with Crippen molar-refractivity contribution in [1.29, 1.82) is 0 Å². The van der Waals surface area contributed by atoms with E-state index in [1.165, 1.54) is 12.2 Å². The van der Waals surface area contributed by atoms with E-state index >= 15 is 0 Å². The van der Waals surface area contributed by atoms with E-state index in [1.807, 2.05) is 60.7 Å². The van der Waals surface area contributed by atoms with Gasteiger partial charge < -0.3 is 9.47 Å². The second kappa shape index (κ2) is 14.1. The van der Waals surface area contributed by atoms with Gasteiger partial charge in [-0.3, -0.25) is 0 Å². The Hall–Kier alpha value is -3.44. The monoisotopic (exact) mass is 488 g/mol. The molecule has 0 saturated heterocycles. The third-order valence-corrected chi connectivity index (χ3v) is 6.46. The summed E-state index contributed by atoms with van der Waals surface area (Å²) in [6.45, 7) is 4.24. The molecule has 35 heavy (non-hydrogen) atoms. The predicted molar refractivity (Wildman–Crippen MR) is 144 cm³/mol. The fraction of sp³-hybridized carbons (Fsp3) is 0.267. The van der Waals surface area contributed by atoms with Crippen molar-refractivity contribution < 1.29 is 19.1 Å². The summed E-state index contributed by atoms with van der Waals surface area (Å²) < 4.78 is 10.7. The number of hydrogen-bond acceptors (Lipinski definition) is 5. The maximum Gasteiger partial charge on any atom is 0.335 e. The van der Waals surface area contributed by atoms with Crippen molar-refractivity contribution in [2.75, 3.05) is 0 Å². The Morgan fingerprint density at radius 3 is 1.43 bits per heavy atom. The second-order valence-corrected chi connectivity index (χ2v) is 9.23. The summed E-state index contributed by atoms with van der Waals surface area (Å²) in [7, 11) is 0. The predicted octanol–water partition coefficient (Wildman–Crippen LogP) is 8.39. The molecule has 0 spiro atoms. The zero-order chi connectivity index (χ0) is 24.9. The van der Waals surface area contributed by atoms with E-state index in [-0.39, 0.29) is 11.9 Å². The lowest BCUT2D eigenvalue weighted by Gasteiger charge is -2.04.